The molecule has 0 aliphatic heterocycles. The van der Waals surface area contributed by atoms with E-state index in [1.807, 2.05) is 0 Å². The van der Waals surface area contributed by atoms with E-state index in [1.54, 1.807) is 39.8 Å². The molecule has 0 saturated heterocycles. The average Bonchev–Trinajstić information content (AvgIpc) is 2.29. The summed E-state index contributed by atoms with van der Waals surface area (Å²) >= 11 is 0. The fraction of sp³-hybridized carbons (Fsp3) is 0.615. The summed E-state index contributed by atoms with van der Waals surface area (Å²) in [6, 6.07) is -0.977. The first kappa shape index (κ1) is 17.2. The van der Waals surface area contributed by atoms with E-state index in [0.29, 0.717) is 0 Å². The second-order valence-electron chi connectivity index (χ2n) is 5.20. The monoisotopic (exact) mass is 270 g/mol. The summed E-state index contributed by atoms with van der Waals surface area (Å²) in [5, 5.41) is 13.7. The van der Waals surface area contributed by atoms with Crippen LogP contribution in [0.5, 0.6) is 0 Å². The summed E-state index contributed by atoms with van der Waals surface area (Å²) in [5.74, 6) is -1.88. The summed E-state index contributed by atoms with van der Waals surface area (Å²) in [4.78, 5) is 34.0. The highest BCUT2D eigenvalue weighted by Gasteiger charge is 2.23. The van der Waals surface area contributed by atoms with Gasteiger partial charge >= 0.3 is 5.97 Å². The van der Waals surface area contributed by atoms with Crippen molar-refractivity contribution >= 4 is 17.8 Å². The van der Waals surface area contributed by atoms with E-state index in [-0.39, 0.29) is 18.9 Å². The summed E-state index contributed by atoms with van der Waals surface area (Å²) in [7, 11) is 0. The number of rotatable bonds is 6. The first-order valence-electron chi connectivity index (χ1n) is 6.10. The minimum Gasteiger partial charge on any atom is -0.480 e. The Labute approximate surface area is 113 Å². The number of amides is 2. The van der Waals surface area contributed by atoms with E-state index >= 15 is 0 Å². The molecule has 0 aliphatic rings. The smallest absolute Gasteiger partial charge is 0.326 e. The van der Waals surface area contributed by atoms with Crippen molar-refractivity contribution in [3.63, 3.8) is 0 Å². The molecule has 1 unspecified atom stereocenters. The van der Waals surface area contributed by atoms with E-state index in [9.17, 15) is 14.4 Å². The highest BCUT2D eigenvalue weighted by Crippen LogP contribution is 2.11. The quantitative estimate of drug-likeness (QED) is 0.619. The molecule has 6 heteroatoms. The van der Waals surface area contributed by atoms with Crippen molar-refractivity contribution in [1.82, 2.24) is 10.6 Å². The van der Waals surface area contributed by atoms with Crippen molar-refractivity contribution in [1.29, 1.82) is 0 Å². The van der Waals surface area contributed by atoms with Crippen LogP contribution >= 0.6 is 0 Å². The van der Waals surface area contributed by atoms with Gasteiger partial charge in [0.25, 0.3) is 0 Å². The molecular weight excluding hydrogens is 248 g/mol. The summed E-state index contributed by atoms with van der Waals surface area (Å²) in [5.41, 5.74) is -0.586. The van der Waals surface area contributed by atoms with Crippen LogP contribution in [0.4, 0.5) is 0 Å². The van der Waals surface area contributed by atoms with Gasteiger partial charge in [-0.25, -0.2) is 4.79 Å². The van der Waals surface area contributed by atoms with Gasteiger partial charge in [-0.15, -0.1) is 0 Å². The molecular formula is C13H22N2O4. The van der Waals surface area contributed by atoms with Gasteiger partial charge in [0.1, 0.15) is 6.04 Å². The molecule has 0 aromatic heterocycles. The Balaban J connectivity index is 4.28. The van der Waals surface area contributed by atoms with E-state index in [2.05, 4.69) is 10.6 Å². The Morgan fingerprint density at radius 3 is 2.26 bits per heavy atom. The lowest BCUT2D eigenvalue weighted by molar-refractivity contribution is -0.141. The van der Waals surface area contributed by atoms with Crippen LogP contribution in [0.1, 0.15) is 34.1 Å². The molecule has 2 amide bonds. The minimum atomic E-state index is -1.10. The normalized spacial score (nSPS) is 13.1. The fourth-order valence-corrected chi connectivity index (χ4v) is 1.16. The number of hydrogen-bond acceptors (Lipinski definition) is 3. The Morgan fingerprint density at radius 1 is 1.26 bits per heavy atom. The molecule has 19 heavy (non-hydrogen) atoms. The van der Waals surface area contributed by atoms with E-state index < -0.39 is 23.3 Å². The molecule has 0 spiro atoms. The maximum Gasteiger partial charge on any atom is 0.326 e. The van der Waals surface area contributed by atoms with Crippen LogP contribution in [0.15, 0.2) is 12.2 Å². The fourth-order valence-electron chi connectivity index (χ4n) is 1.16. The lowest BCUT2D eigenvalue weighted by Gasteiger charge is -2.18. The second kappa shape index (κ2) is 7.56. The van der Waals surface area contributed by atoms with Gasteiger partial charge in [0, 0.05) is 5.41 Å². The van der Waals surface area contributed by atoms with Crippen molar-refractivity contribution in [3.05, 3.63) is 12.2 Å². The van der Waals surface area contributed by atoms with Crippen molar-refractivity contribution in [2.24, 2.45) is 5.41 Å². The zero-order valence-corrected chi connectivity index (χ0v) is 11.8. The first-order chi connectivity index (χ1) is 8.68. The van der Waals surface area contributed by atoms with Gasteiger partial charge in [0.2, 0.25) is 11.8 Å². The summed E-state index contributed by atoms with van der Waals surface area (Å²) in [6.45, 7) is 6.73. The topological polar surface area (TPSA) is 95.5 Å². The molecule has 0 bridgehead atoms. The average molecular weight is 270 g/mol. The van der Waals surface area contributed by atoms with Crippen molar-refractivity contribution in [2.45, 2.75) is 40.2 Å². The molecule has 0 aliphatic carbocycles. The van der Waals surface area contributed by atoms with Crippen LogP contribution < -0.4 is 10.6 Å². The molecule has 0 fully saturated rings. The Bertz CT molecular complexity index is 369. The van der Waals surface area contributed by atoms with E-state index in [1.165, 1.54) is 0 Å². The van der Waals surface area contributed by atoms with Crippen LogP contribution in [0.3, 0.4) is 0 Å². The molecule has 108 valence electrons. The number of carboxylic acids is 1. The molecule has 6 nitrogen and oxygen atoms in total. The van der Waals surface area contributed by atoms with Gasteiger partial charge in [-0.2, -0.15) is 0 Å². The number of nitrogens with one attached hydrogen (secondary N) is 2. The van der Waals surface area contributed by atoms with Crippen LogP contribution in [-0.4, -0.2) is 35.5 Å². The lowest BCUT2D eigenvalue weighted by atomic mass is 9.96. The molecule has 0 rings (SSSR count). The zero-order chi connectivity index (χ0) is 15.1. The third-order valence-corrected chi connectivity index (χ3v) is 2.33. The summed E-state index contributed by atoms with van der Waals surface area (Å²) in [6.07, 6.45) is 3.58. The molecule has 0 aromatic carbocycles. The number of aliphatic carboxylic acids is 1. The number of carbonyl (C=O) groups is 3. The highest BCUT2D eigenvalue weighted by atomic mass is 16.4. The maximum atomic E-state index is 11.5. The third-order valence-electron chi connectivity index (χ3n) is 2.33. The molecule has 1 atom stereocenters. The number of hydrogen-bond donors (Lipinski definition) is 3. The van der Waals surface area contributed by atoms with Crippen molar-refractivity contribution in [3.8, 4) is 0 Å². The van der Waals surface area contributed by atoms with Gasteiger partial charge in [0.05, 0.1) is 6.54 Å². The van der Waals surface area contributed by atoms with Gasteiger partial charge in [-0.05, 0) is 13.3 Å². The third kappa shape index (κ3) is 7.23. The molecule has 0 heterocycles. The van der Waals surface area contributed by atoms with Gasteiger partial charge < -0.3 is 15.7 Å². The van der Waals surface area contributed by atoms with Gasteiger partial charge in [-0.1, -0.05) is 32.9 Å². The molecule has 0 radical (unpaired) electrons. The highest BCUT2D eigenvalue weighted by molar-refractivity contribution is 5.89. The van der Waals surface area contributed by atoms with Gasteiger partial charge in [0.15, 0.2) is 0 Å². The van der Waals surface area contributed by atoms with Crippen molar-refractivity contribution in [2.75, 3.05) is 6.54 Å². The number of carbonyl (C=O) groups excluding carboxylic acids is 2. The minimum absolute atomic E-state index is 0.213. The molecule has 0 saturated carbocycles. The zero-order valence-electron chi connectivity index (χ0n) is 11.8. The van der Waals surface area contributed by atoms with E-state index in [4.69, 9.17) is 5.11 Å². The maximum absolute atomic E-state index is 11.5. The predicted octanol–water partition coefficient (Wildman–Crippen LogP) is 0.684. The predicted molar refractivity (Wildman–Crippen MR) is 71.5 cm³/mol. The Kier molecular flexibility index (Phi) is 6.82. The van der Waals surface area contributed by atoms with Crippen LogP contribution in [0, 0.1) is 5.41 Å². The lowest BCUT2D eigenvalue weighted by Crippen LogP contribution is -2.47. The van der Waals surface area contributed by atoms with Crippen LogP contribution in [0.2, 0.25) is 0 Å². The Morgan fingerprint density at radius 2 is 1.84 bits per heavy atom. The largest absolute Gasteiger partial charge is 0.480 e. The SMILES string of the molecule is C/C=C/CC(NC(=O)CNC(=O)C(C)(C)C)C(=O)O. The summed E-state index contributed by atoms with van der Waals surface area (Å²) < 4.78 is 0. The van der Waals surface area contributed by atoms with E-state index in [0.717, 1.165) is 0 Å². The van der Waals surface area contributed by atoms with Crippen LogP contribution in [0.25, 0.3) is 0 Å². The number of allylic oxidation sites excluding steroid dienone is 1. The molecule has 3 N–H and O–H groups in total. The first-order valence-corrected chi connectivity index (χ1v) is 6.10. The van der Waals surface area contributed by atoms with Gasteiger partial charge in [-0.3, -0.25) is 9.59 Å². The molecule has 0 aromatic rings. The Hall–Kier alpha value is -1.85. The second-order valence-corrected chi connectivity index (χ2v) is 5.20. The van der Waals surface area contributed by atoms with Crippen LogP contribution in [-0.2, 0) is 14.4 Å². The van der Waals surface area contributed by atoms with Crippen molar-refractivity contribution < 1.29 is 19.5 Å². The standard InChI is InChI=1S/C13H22N2O4/c1-5-6-7-9(11(17)18)15-10(16)8-14-12(19)13(2,3)4/h5-6,9H,7-8H2,1-4H3,(H,14,19)(H,15,16)(H,17,18)/b6-5+. The number of carboxylic acid groups (broad SMARTS) is 1.